The number of rotatable bonds is 7. The van der Waals surface area contributed by atoms with Gasteiger partial charge in [0.1, 0.15) is 5.01 Å². The van der Waals surface area contributed by atoms with Gasteiger partial charge in [0, 0.05) is 17.0 Å². The number of thiazole rings is 1. The third-order valence-electron chi connectivity index (χ3n) is 5.07. The van der Waals surface area contributed by atoms with Crippen LogP contribution in [0.3, 0.4) is 0 Å². The Balaban J connectivity index is 1.41. The molecule has 1 aromatic heterocycles. The Labute approximate surface area is 187 Å². The van der Waals surface area contributed by atoms with Gasteiger partial charge in [-0.15, -0.1) is 11.3 Å². The zero-order valence-electron chi connectivity index (χ0n) is 17.5. The van der Waals surface area contributed by atoms with Gasteiger partial charge >= 0.3 is 0 Å². The van der Waals surface area contributed by atoms with Crippen LogP contribution in [-0.2, 0) is 16.4 Å². The fourth-order valence-electron chi connectivity index (χ4n) is 3.40. The monoisotopic (exact) mass is 448 g/mol. The molecular formula is C25H24N2O2S2. The first-order valence-corrected chi connectivity index (χ1v) is 12.4. The van der Waals surface area contributed by atoms with Crippen molar-refractivity contribution >= 4 is 21.4 Å². The molecule has 0 atom stereocenters. The number of benzene rings is 3. The van der Waals surface area contributed by atoms with E-state index in [9.17, 15) is 8.42 Å². The van der Waals surface area contributed by atoms with E-state index in [4.69, 9.17) is 0 Å². The highest BCUT2D eigenvalue weighted by Crippen LogP contribution is 2.28. The molecule has 0 aliphatic rings. The lowest BCUT2D eigenvalue weighted by atomic mass is 10.1. The van der Waals surface area contributed by atoms with E-state index in [-0.39, 0.29) is 4.90 Å². The largest absolute Gasteiger partial charge is 0.241 e. The normalized spacial score (nSPS) is 11.5. The highest BCUT2D eigenvalue weighted by Gasteiger charge is 2.15. The van der Waals surface area contributed by atoms with Crippen LogP contribution >= 0.6 is 11.3 Å². The zero-order chi connectivity index (χ0) is 21.8. The molecule has 0 aliphatic heterocycles. The topological polar surface area (TPSA) is 59.1 Å². The smallest absolute Gasteiger partial charge is 0.240 e. The summed E-state index contributed by atoms with van der Waals surface area (Å²) in [7, 11) is -3.56. The van der Waals surface area contributed by atoms with E-state index in [1.54, 1.807) is 23.5 Å². The summed E-state index contributed by atoms with van der Waals surface area (Å²) in [4.78, 5) is 6.04. The van der Waals surface area contributed by atoms with Crippen LogP contribution in [0, 0.1) is 13.8 Å². The van der Waals surface area contributed by atoms with Gasteiger partial charge in [-0.2, -0.15) is 0 Å². The molecule has 4 nitrogen and oxygen atoms in total. The number of nitrogens with one attached hydrogen (secondary N) is 1. The molecule has 6 heteroatoms. The molecule has 1 heterocycles. The quantitative estimate of drug-likeness (QED) is 0.399. The van der Waals surface area contributed by atoms with Crippen molar-refractivity contribution in [2.24, 2.45) is 0 Å². The molecule has 0 radical (unpaired) electrons. The van der Waals surface area contributed by atoms with Gasteiger partial charge in [0.25, 0.3) is 0 Å². The third kappa shape index (κ3) is 5.10. The minimum absolute atomic E-state index is 0.272. The van der Waals surface area contributed by atoms with Crippen molar-refractivity contribution in [2.75, 3.05) is 6.54 Å². The van der Waals surface area contributed by atoms with Crippen molar-refractivity contribution in [1.82, 2.24) is 9.71 Å². The van der Waals surface area contributed by atoms with Crippen LogP contribution in [-0.4, -0.2) is 19.9 Å². The van der Waals surface area contributed by atoms with Crippen molar-refractivity contribution in [3.63, 3.8) is 0 Å². The van der Waals surface area contributed by atoms with E-state index < -0.39 is 10.0 Å². The maximum absolute atomic E-state index is 12.7. The Morgan fingerprint density at radius 2 is 1.52 bits per heavy atom. The molecule has 31 heavy (non-hydrogen) atoms. The number of nitrogens with zero attached hydrogens (tertiary/aromatic N) is 1. The average Bonchev–Trinajstić information content (AvgIpc) is 3.15. The van der Waals surface area contributed by atoms with Crippen LogP contribution in [0.1, 0.15) is 16.1 Å². The summed E-state index contributed by atoms with van der Waals surface area (Å²) in [6, 6.07) is 25.1. The molecule has 0 saturated heterocycles. The molecule has 0 fully saturated rings. The Morgan fingerprint density at radius 1 is 0.839 bits per heavy atom. The van der Waals surface area contributed by atoms with Crippen molar-refractivity contribution in [1.29, 1.82) is 0 Å². The van der Waals surface area contributed by atoms with E-state index in [1.807, 2.05) is 55.5 Å². The van der Waals surface area contributed by atoms with Crippen LogP contribution < -0.4 is 4.72 Å². The van der Waals surface area contributed by atoms with Gasteiger partial charge in [0.05, 0.1) is 10.6 Å². The third-order valence-corrected chi connectivity index (χ3v) is 7.82. The van der Waals surface area contributed by atoms with Crippen molar-refractivity contribution in [3.05, 3.63) is 95.0 Å². The summed E-state index contributed by atoms with van der Waals surface area (Å²) in [5, 5.41) is 0.968. The minimum atomic E-state index is -3.56. The first-order valence-electron chi connectivity index (χ1n) is 10.1. The highest BCUT2D eigenvalue weighted by molar-refractivity contribution is 7.89. The SMILES string of the molecule is Cc1cccc(-c2nc(C)c(CCNS(=O)(=O)c3ccc(-c4ccccc4)cc3)s2)c1. The molecule has 0 aliphatic carbocycles. The van der Waals surface area contributed by atoms with Crippen molar-refractivity contribution in [2.45, 2.75) is 25.2 Å². The first-order chi connectivity index (χ1) is 14.9. The van der Waals surface area contributed by atoms with Crippen LogP contribution in [0.2, 0.25) is 0 Å². The Morgan fingerprint density at radius 3 is 2.23 bits per heavy atom. The standard InChI is InChI=1S/C25H24N2O2S2/c1-18-7-6-10-22(17-18)25-27-19(2)24(30-25)15-16-26-31(28,29)23-13-11-21(12-14-23)20-8-4-3-5-9-20/h3-14,17,26H,15-16H2,1-2H3. The lowest BCUT2D eigenvalue weighted by Gasteiger charge is -2.08. The van der Waals surface area contributed by atoms with Crippen LogP contribution in [0.25, 0.3) is 21.7 Å². The lowest BCUT2D eigenvalue weighted by molar-refractivity contribution is 0.582. The molecule has 0 unspecified atom stereocenters. The zero-order valence-corrected chi connectivity index (χ0v) is 19.1. The molecule has 0 spiro atoms. The molecule has 1 N–H and O–H groups in total. The number of sulfonamides is 1. The molecule has 4 rings (SSSR count). The van der Waals surface area contributed by atoms with E-state index in [0.29, 0.717) is 13.0 Å². The number of hydrogen-bond acceptors (Lipinski definition) is 4. The van der Waals surface area contributed by atoms with Gasteiger partial charge in [-0.25, -0.2) is 18.1 Å². The second-order valence-electron chi connectivity index (χ2n) is 7.44. The predicted octanol–water partition coefficient (Wildman–Crippen LogP) is 5.61. The summed E-state index contributed by atoms with van der Waals surface area (Å²) < 4.78 is 28.1. The van der Waals surface area contributed by atoms with Crippen molar-refractivity contribution < 1.29 is 8.42 Å². The fourth-order valence-corrected chi connectivity index (χ4v) is 5.49. The number of aryl methyl sites for hydroxylation is 2. The van der Waals surface area contributed by atoms with Gasteiger partial charge in [0.2, 0.25) is 10.0 Å². The van der Waals surface area contributed by atoms with Gasteiger partial charge in [-0.05, 0) is 49.6 Å². The van der Waals surface area contributed by atoms with Crippen LogP contribution in [0.4, 0.5) is 0 Å². The summed E-state index contributed by atoms with van der Waals surface area (Å²) in [5.41, 5.74) is 5.29. The maximum atomic E-state index is 12.7. The fraction of sp³-hybridized carbons (Fsp3) is 0.160. The summed E-state index contributed by atoms with van der Waals surface area (Å²) in [6.07, 6.45) is 0.608. The Bertz CT molecular complexity index is 1280. The second kappa shape index (κ2) is 9.14. The molecule has 0 saturated carbocycles. The minimum Gasteiger partial charge on any atom is -0.241 e. The molecule has 0 bridgehead atoms. The Hall–Kier alpha value is -2.80. The van der Waals surface area contributed by atoms with E-state index >= 15 is 0 Å². The van der Waals surface area contributed by atoms with Gasteiger partial charge in [-0.3, -0.25) is 0 Å². The van der Waals surface area contributed by atoms with Gasteiger partial charge < -0.3 is 0 Å². The number of hydrogen-bond donors (Lipinski definition) is 1. The molecule has 158 valence electrons. The van der Waals surface area contributed by atoms with E-state index in [0.717, 1.165) is 32.3 Å². The van der Waals surface area contributed by atoms with Crippen molar-refractivity contribution in [3.8, 4) is 21.7 Å². The summed E-state index contributed by atoms with van der Waals surface area (Å²) in [5.74, 6) is 0. The van der Waals surface area contributed by atoms with Gasteiger partial charge in [-0.1, -0.05) is 66.2 Å². The number of aromatic nitrogens is 1. The average molecular weight is 449 g/mol. The predicted molar refractivity (Wildman–Crippen MR) is 128 cm³/mol. The summed E-state index contributed by atoms with van der Waals surface area (Å²) >= 11 is 1.62. The molecule has 4 aromatic rings. The molecular weight excluding hydrogens is 424 g/mol. The summed E-state index contributed by atoms with van der Waals surface area (Å²) in [6.45, 7) is 4.37. The first kappa shape index (κ1) is 21.4. The van der Waals surface area contributed by atoms with E-state index in [1.165, 1.54) is 5.56 Å². The van der Waals surface area contributed by atoms with E-state index in [2.05, 4.69) is 34.8 Å². The lowest BCUT2D eigenvalue weighted by Crippen LogP contribution is -2.25. The molecule has 0 amide bonds. The second-order valence-corrected chi connectivity index (χ2v) is 10.3. The van der Waals surface area contributed by atoms with Crippen LogP contribution in [0.5, 0.6) is 0 Å². The Kier molecular flexibility index (Phi) is 6.32. The van der Waals surface area contributed by atoms with Gasteiger partial charge in [0.15, 0.2) is 0 Å². The van der Waals surface area contributed by atoms with Crippen LogP contribution in [0.15, 0.2) is 83.8 Å². The maximum Gasteiger partial charge on any atom is 0.240 e. The molecule has 3 aromatic carbocycles. The highest BCUT2D eigenvalue weighted by atomic mass is 32.2.